The van der Waals surface area contributed by atoms with Gasteiger partial charge in [-0.3, -0.25) is 0 Å². The van der Waals surface area contributed by atoms with Gasteiger partial charge in [0.25, 0.3) is 0 Å². The minimum atomic E-state index is 0.859. The van der Waals surface area contributed by atoms with Gasteiger partial charge in [0.1, 0.15) is 0 Å². The van der Waals surface area contributed by atoms with Crippen LogP contribution in [0.5, 0.6) is 0 Å². The molecule has 0 aromatic rings. The first kappa shape index (κ1) is 7.35. The van der Waals surface area contributed by atoms with Crippen molar-refractivity contribution in [1.82, 2.24) is 5.32 Å². The fourth-order valence-corrected chi connectivity index (χ4v) is 2.31. The Labute approximate surface area is 68.9 Å². The average Bonchev–Trinajstić information content (AvgIpc) is 2.50. The Morgan fingerprint density at radius 3 is 3.09 bits per heavy atom. The second kappa shape index (κ2) is 2.98. The highest BCUT2D eigenvalue weighted by molar-refractivity contribution is 5.04. The third kappa shape index (κ3) is 1.34. The topological polar surface area (TPSA) is 12.0 Å². The smallest absolute Gasteiger partial charge is 0.00174 e. The highest BCUT2D eigenvalue weighted by atomic mass is 14.9. The Bertz CT molecular complexity index is 162. The molecule has 1 saturated heterocycles. The maximum absolute atomic E-state index is 3.46. The van der Waals surface area contributed by atoms with E-state index in [0.717, 1.165) is 17.8 Å². The van der Waals surface area contributed by atoms with Crippen LogP contribution in [0.2, 0.25) is 0 Å². The van der Waals surface area contributed by atoms with Crippen molar-refractivity contribution in [3.8, 4) is 0 Å². The summed E-state index contributed by atoms with van der Waals surface area (Å²) < 4.78 is 0. The maximum Gasteiger partial charge on any atom is 0.00174 e. The Morgan fingerprint density at radius 2 is 2.27 bits per heavy atom. The van der Waals surface area contributed by atoms with Crippen LogP contribution in [-0.2, 0) is 0 Å². The third-order valence-electron chi connectivity index (χ3n) is 3.15. The molecule has 1 aliphatic heterocycles. The standard InChI is InChI=1S/C10H17N/c1-2-8-3-4-9-6-11-7-10(9)5-8/h3-4,8-11H,2,5-7H2,1H3/t8-,9-,10+/m0/s1. The van der Waals surface area contributed by atoms with E-state index in [1.54, 1.807) is 0 Å². The molecule has 2 rings (SSSR count). The molecule has 0 amide bonds. The lowest BCUT2D eigenvalue weighted by atomic mass is 9.80. The number of hydrogen-bond acceptors (Lipinski definition) is 1. The summed E-state index contributed by atoms with van der Waals surface area (Å²) in [6.07, 6.45) is 7.60. The van der Waals surface area contributed by atoms with Crippen molar-refractivity contribution in [1.29, 1.82) is 0 Å². The molecule has 1 heterocycles. The zero-order valence-electron chi connectivity index (χ0n) is 7.22. The normalized spacial score (nSPS) is 42.5. The molecule has 1 N–H and O–H groups in total. The van der Waals surface area contributed by atoms with Crippen LogP contribution < -0.4 is 5.32 Å². The van der Waals surface area contributed by atoms with Gasteiger partial charge < -0.3 is 5.32 Å². The summed E-state index contributed by atoms with van der Waals surface area (Å²) in [6, 6.07) is 0. The highest BCUT2D eigenvalue weighted by Crippen LogP contribution is 2.31. The summed E-state index contributed by atoms with van der Waals surface area (Å²) in [5.41, 5.74) is 0. The van der Waals surface area contributed by atoms with Crippen LogP contribution in [0, 0.1) is 17.8 Å². The summed E-state index contributed by atoms with van der Waals surface area (Å²) >= 11 is 0. The molecule has 0 spiro atoms. The Kier molecular flexibility index (Phi) is 1.99. The van der Waals surface area contributed by atoms with Crippen molar-refractivity contribution in [2.75, 3.05) is 13.1 Å². The van der Waals surface area contributed by atoms with Gasteiger partial charge in [-0.25, -0.2) is 0 Å². The van der Waals surface area contributed by atoms with E-state index >= 15 is 0 Å². The molecule has 2 aliphatic rings. The first-order valence-corrected chi connectivity index (χ1v) is 4.79. The lowest BCUT2D eigenvalue weighted by Crippen LogP contribution is -2.18. The van der Waals surface area contributed by atoms with E-state index in [2.05, 4.69) is 24.4 Å². The van der Waals surface area contributed by atoms with E-state index in [0.29, 0.717) is 0 Å². The fraction of sp³-hybridized carbons (Fsp3) is 0.800. The van der Waals surface area contributed by atoms with E-state index in [9.17, 15) is 0 Å². The number of hydrogen-bond donors (Lipinski definition) is 1. The van der Waals surface area contributed by atoms with Crippen LogP contribution in [0.25, 0.3) is 0 Å². The number of rotatable bonds is 1. The quantitative estimate of drug-likeness (QED) is 0.564. The zero-order valence-corrected chi connectivity index (χ0v) is 7.22. The van der Waals surface area contributed by atoms with Gasteiger partial charge in [-0.05, 0) is 37.1 Å². The van der Waals surface area contributed by atoms with Gasteiger partial charge in [0, 0.05) is 6.54 Å². The molecule has 0 aromatic carbocycles. The lowest BCUT2D eigenvalue weighted by Gasteiger charge is -2.24. The van der Waals surface area contributed by atoms with Gasteiger partial charge in [-0.15, -0.1) is 0 Å². The van der Waals surface area contributed by atoms with Crippen LogP contribution in [0.1, 0.15) is 19.8 Å². The Morgan fingerprint density at radius 1 is 1.36 bits per heavy atom. The number of nitrogens with one attached hydrogen (secondary N) is 1. The predicted molar refractivity (Wildman–Crippen MR) is 47.4 cm³/mol. The SMILES string of the molecule is CC[C@H]1C=C[C@H]2CNC[C@H]2C1. The third-order valence-corrected chi connectivity index (χ3v) is 3.15. The number of fused-ring (bicyclic) bond motifs is 1. The number of allylic oxidation sites excluding steroid dienone is 1. The molecule has 11 heavy (non-hydrogen) atoms. The van der Waals surface area contributed by atoms with Gasteiger partial charge in [-0.1, -0.05) is 19.1 Å². The largest absolute Gasteiger partial charge is 0.316 e. The van der Waals surface area contributed by atoms with Crippen molar-refractivity contribution in [3.63, 3.8) is 0 Å². The molecule has 0 saturated carbocycles. The molecule has 1 fully saturated rings. The predicted octanol–water partition coefficient (Wildman–Crippen LogP) is 1.81. The highest BCUT2D eigenvalue weighted by Gasteiger charge is 2.29. The molecule has 62 valence electrons. The van der Waals surface area contributed by atoms with Crippen molar-refractivity contribution in [2.24, 2.45) is 17.8 Å². The van der Waals surface area contributed by atoms with Crippen molar-refractivity contribution < 1.29 is 0 Å². The van der Waals surface area contributed by atoms with E-state index in [1.165, 1.54) is 25.9 Å². The summed E-state index contributed by atoms with van der Waals surface area (Å²) in [7, 11) is 0. The molecular formula is C10H17N. The van der Waals surface area contributed by atoms with Gasteiger partial charge >= 0.3 is 0 Å². The monoisotopic (exact) mass is 151 g/mol. The van der Waals surface area contributed by atoms with Gasteiger partial charge in [-0.2, -0.15) is 0 Å². The van der Waals surface area contributed by atoms with Crippen LogP contribution in [-0.4, -0.2) is 13.1 Å². The molecule has 3 atom stereocenters. The molecule has 0 bridgehead atoms. The molecule has 1 nitrogen and oxygen atoms in total. The second-order valence-electron chi connectivity index (χ2n) is 3.87. The van der Waals surface area contributed by atoms with Crippen molar-refractivity contribution in [2.45, 2.75) is 19.8 Å². The van der Waals surface area contributed by atoms with Crippen molar-refractivity contribution >= 4 is 0 Å². The lowest BCUT2D eigenvalue weighted by molar-refractivity contribution is 0.365. The summed E-state index contributed by atoms with van der Waals surface area (Å²) in [5.74, 6) is 2.68. The fourth-order valence-electron chi connectivity index (χ4n) is 2.31. The molecular weight excluding hydrogens is 134 g/mol. The minimum Gasteiger partial charge on any atom is -0.316 e. The molecule has 1 heteroatoms. The van der Waals surface area contributed by atoms with Gasteiger partial charge in [0.2, 0.25) is 0 Å². The van der Waals surface area contributed by atoms with Gasteiger partial charge in [0.05, 0.1) is 0 Å². The van der Waals surface area contributed by atoms with Gasteiger partial charge in [0.15, 0.2) is 0 Å². The molecule has 0 unspecified atom stereocenters. The van der Waals surface area contributed by atoms with Crippen LogP contribution in [0.4, 0.5) is 0 Å². The summed E-state index contributed by atoms with van der Waals surface area (Å²) in [6.45, 7) is 4.76. The van der Waals surface area contributed by atoms with Crippen LogP contribution in [0.15, 0.2) is 12.2 Å². The molecule has 1 aliphatic carbocycles. The Balaban J connectivity index is 2.03. The van der Waals surface area contributed by atoms with E-state index in [4.69, 9.17) is 0 Å². The second-order valence-corrected chi connectivity index (χ2v) is 3.87. The molecule has 0 aromatic heterocycles. The van der Waals surface area contributed by atoms with Crippen LogP contribution >= 0.6 is 0 Å². The van der Waals surface area contributed by atoms with E-state index < -0.39 is 0 Å². The maximum atomic E-state index is 3.46. The zero-order chi connectivity index (χ0) is 7.68. The van der Waals surface area contributed by atoms with E-state index in [1.807, 2.05) is 0 Å². The summed E-state index contributed by atoms with van der Waals surface area (Å²) in [5, 5.41) is 3.46. The van der Waals surface area contributed by atoms with Crippen LogP contribution in [0.3, 0.4) is 0 Å². The average molecular weight is 151 g/mol. The van der Waals surface area contributed by atoms with Crippen molar-refractivity contribution in [3.05, 3.63) is 12.2 Å². The summed E-state index contributed by atoms with van der Waals surface area (Å²) in [4.78, 5) is 0. The first-order valence-electron chi connectivity index (χ1n) is 4.79. The Hall–Kier alpha value is -0.300. The first-order chi connectivity index (χ1) is 5.40. The van der Waals surface area contributed by atoms with E-state index in [-0.39, 0.29) is 0 Å². The minimum absolute atomic E-state index is 0.859. The molecule has 0 radical (unpaired) electrons.